The minimum atomic E-state index is 0.0426. The summed E-state index contributed by atoms with van der Waals surface area (Å²) in [7, 11) is 1.61. The van der Waals surface area contributed by atoms with Crippen molar-refractivity contribution in [3.8, 4) is 34.5 Å². The van der Waals surface area contributed by atoms with Gasteiger partial charge >= 0.3 is 0 Å². The number of benzene rings is 2. The van der Waals surface area contributed by atoms with Gasteiger partial charge in [-0.15, -0.1) is 0 Å². The monoisotopic (exact) mass is 371 g/mol. The molecule has 0 aliphatic carbocycles. The molecule has 4 nitrogen and oxygen atoms in total. The molecule has 3 rings (SSSR count). The summed E-state index contributed by atoms with van der Waals surface area (Å²) < 4.78 is 5.59. The van der Waals surface area contributed by atoms with Gasteiger partial charge in [0.15, 0.2) is 0 Å². The first kappa shape index (κ1) is 19.6. The lowest BCUT2D eigenvalue weighted by molar-refractivity contribution is 0.398. The molecule has 0 aliphatic heterocycles. The average Bonchev–Trinajstić information content (AvgIpc) is 2.66. The van der Waals surface area contributed by atoms with Crippen molar-refractivity contribution in [2.45, 2.75) is 40.0 Å². The molecule has 0 amide bonds. The highest BCUT2D eigenvalue weighted by Crippen LogP contribution is 2.33. The summed E-state index contributed by atoms with van der Waals surface area (Å²) in [5.74, 6) is 0.492. The number of nitrogens with zero attached hydrogens (tertiary/aromatic N) is 3. The molecule has 2 aromatic carbocycles. The molecule has 0 N–H and O–H groups in total. The van der Waals surface area contributed by atoms with Crippen molar-refractivity contribution >= 4 is 0 Å². The standard InChI is InChI=1S/C24H25N3O/c1-15-9-18(12-19(10-15)24(3,4)5)22-23(28-6)27-21(14-26-22)20-8-7-17(13-25)11-16(20)2/h7-12,14H,1-6H3. The largest absolute Gasteiger partial charge is 0.479 e. The number of aromatic nitrogens is 2. The van der Waals surface area contributed by atoms with Gasteiger partial charge in [-0.3, -0.25) is 0 Å². The third kappa shape index (κ3) is 3.89. The van der Waals surface area contributed by atoms with Crippen LogP contribution in [0.2, 0.25) is 0 Å². The Morgan fingerprint density at radius 2 is 1.79 bits per heavy atom. The second-order valence-corrected chi connectivity index (χ2v) is 8.09. The highest BCUT2D eigenvalue weighted by molar-refractivity contribution is 5.70. The fourth-order valence-corrected chi connectivity index (χ4v) is 3.22. The summed E-state index contributed by atoms with van der Waals surface area (Å²) in [5.41, 5.74) is 7.48. The summed E-state index contributed by atoms with van der Waals surface area (Å²) in [6.07, 6.45) is 1.77. The van der Waals surface area contributed by atoms with Gasteiger partial charge < -0.3 is 4.74 Å². The van der Waals surface area contributed by atoms with Crippen LogP contribution < -0.4 is 4.74 Å². The lowest BCUT2D eigenvalue weighted by Gasteiger charge is -2.21. The first-order chi connectivity index (χ1) is 13.2. The predicted octanol–water partition coefficient (Wildman–Crippen LogP) is 5.61. The Kier molecular flexibility index (Phi) is 5.20. The maximum Gasteiger partial charge on any atom is 0.240 e. The van der Waals surface area contributed by atoms with E-state index >= 15 is 0 Å². The Balaban J connectivity index is 2.11. The maximum absolute atomic E-state index is 9.07. The fraction of sp³-hybridized carbons (Fsp3) is 0.292. The SMILES string of the molecule is COc1nc(-c2ccc(C#N)cc2C)cnc1-c1cc(C)cc(C(C)(C)C)c1. The van der Waals surface area contributed by atoms with Crippen molar-refractivity contribution in [3.05, 3.63) is 64.8 Å². The van der Waals surface area contributed by atoms with E-state index in [2.05, 4.69) is 52.0 Å². The molecule has 0 spiro atoms. The quantitative estimate of drug-likeness (QED) is 0.601. The van der Waals surface area contributed by atoms with Crippen LogP contribution >= 0.6 is 0 Å². The van der Waals surface area contributed by atoms with Gasteiger partial charge in [0, 0.05) is 11.1 Å². The Labute approximate surface area is 166 Å². The first-order valence-electron chi connectivity index (χ1n) is 9.27. The molecule has 4 heteroatoms. The molecule has 0 saturated heterocycles. The second-order valence-electron chi connectivity index (χ2n) is 8.09. The van der Waals surface area contributed by atoms with Crippen LogP contribution in [0.3, 0.4) is 0 Å². The topological polar surface area (TPSA) is 58.8 Å². The highest BCUT2D eigenvalue weighted by Gasteiger charge is 2.18. The van der Waals surface area contributed by atoms with Crippen LogP contribution in [0.1, 0.15) is 43.0 Å². The normalized spacial score (nSPS) is 11.2. The molecule has 0 saturated carbocycles. The van der Waals surface area contributed by atoms with E-state index in [0.29, 0.717) is 11.4 Å². The van der Waals surface area contributed by atoms with E-state index < -0.39 is 0 Å². The van der Waals surface area contributed by atoms with Crippen molar-refractivity contribution in [2.24, 2.45) is 0 Å². The molecule has 1 aromatic heterocycles. The molecule has 0 aliphatic rings. The zero-order valence-electron chi connectivity index (χ0n) is 17.3. The molecule has 28 heavy (non-hydrogen) atoms. The van der Waals surface area contributed by atoms with Crippen LogP contribution in [0.25, 0.3) is 22.5 Å². The van der Waals surface area contributed by atoms with E-state index in [1.165, 1.54) is 11.1 Å². The number of rotatable bonds is 3. The van der Waals surface area contributed by atoms with Gasteiger partial charge in [-0.2, -0.15) is 5.26 Å². The third-order valence-electron chi connectivity index (χ3n) is 4.78. The Bertz CT molecular complexity index is 1070. The van der Waals surface area contributed by atoms with E-state index in [1.807, 2.05) is 19.1 Å². The van der Waals surface area contributed by atoms with E-state index in [9.17, 15) is 0 Å². The molecule has 0 atom stereocenters. The van der Waals surface area contributed by atoms with Crippen LogP contribution in [0.4, 0.5) is 0 Å². The average molecular weight is 371 g/mol. The molecule has 0 unspecified atom stereocenters. The van der Waals surface area contributed by atoms with E-state index in [4.69, 9.17) is 20.0 Å². The number of nitriles is 1. The predicted molar refractivity (Wildman–Crippen MR) is 112 cm³/mol. The van der Waals surface area contributed by atoms with Crippen molar-refractivity contribution in [3.63, 3.8) is 0 Å². The number of methoxy groups -OCH3 is 1. The van der Waals surface area contributed by atoms with Gasteiger partial charge in [-0.25, -0.2) is 9.97 Å². The van der Waals surface area contributed by atoms with Crippen LogP contribution in [-0.2, 0) is 5.41 Å². The summed E-state index contributed by atoms with van der Waals surface area (Å²) in [4.78, 5) is 9.40. The van der Waals surface area contributed by atoms with Gasteiger partial charge in [-0.1, -0.05) is 38.5 Å². The smallest absolute Gasteiger partial charge is 0.240 e. The van der Waals surface area contributed by atoms with Gasteiger partial charge in [0.05, 0.1) is 30.6 Å². The molecular formula is C24H25N3O. The second kappa shape index (κ2) is 7.44. The van der Waals surface area contributed by atoms with Gasteiger partial charge in [0.25, 0.3) is 0 Å². The highest BCUT2D eigenvalue weighted by atomic mass is 16.5. The Morgan fingerprint density at radius 1 is 1.04 bits per heavy atom. The molecule has 0 fully saturated rings. The lowest BCUT2D eigenvalue weighted by atomic mass is 9.85. The number of ether oxygens (including phenoxy) is 1. The molecule has 3 aromatic rings. The molecule has 0 radical (unpaired) electrons. The van der Waals surface area contributed by atoms with Crippen molar-refractivity contribution < 1.29 is 4.74 Å². The minimum absolute atomic E-state index is 0.0426. The summed E-state index contributed by atoms with van der Waals surface area (Å²) >= 11 is 0. The summed E-state index contributed by atoms with van der Waals surface area (Å²) in [5, 5.41) is 9.07. The van der Waals surface area contributed by atoms with Crippen molar-refractivity contribution in [1.82, 2.24) is 9.97 Å². The fourth-order valence-electron chi connectivity index (χ4n) is 3.22. The van der Waals surface area contributed by atoms with Crippen LogP contribution in [-0.4, -0.2) is 17.1 Å². The summed E-state index contributed by atoms with van der Waals surface area (Å²) in [6.45, 7) is 10.7. The Hall–Kier alpha value is -3.19. The molecule has 142 valence electrons. The van der Waals surface area contributed by atoms with E-state index in [-0.39, 0.29) is 5.41 Å². The van der Waals surface area contributed by atoms with Crippen molar-refractivity contribution in [1.29, 1.82) is 5.26 Å². The zero-order chi connectivity index (χ0) is 20.5. The van der Waals surface area contributed by atoms with E-state index in [1.54, 1.807) is 19.4 Å². The van der Waals surface area contributed by atoms with E-state index in [0.717, 1.165) is 28.1 Å². The van der Waals surface area contributed by atoms with Gasteiger partial charge in [0.2, 0.25) is 5.88 Å². The third-order valence-corrected chi connectivity index (χ3v) is 4.78. The summed E-state index contributed by atoms with van der Waals surface area (Å²) in [6, 6.07) is 14.2. The van der Waals surface area contributed by atoms with Gasteiger partial charge in [0.1, 0.15) is 5.69 Å². The number of hydrogen-bond donors (Lipinski definition) is 0. The van der Waals surface area contributed by atoms with Gasteiger partial charge in [-0.05, 0) is 54.7 Å². The van der Waals surface area contributed by atoms with Crippen molar-refractivity contribution in [2.75, 3.05) is 7.11 Å². The van der Waals surface area contributed by atoms with Crippen LogP contribution in [0, 0.1) is 25.2 Å². The number of aryl methyl sites for hydroxylation is 2. The molecular weight excluding hydrogens is 346 g/mol. The van der Waals surface area contributed by atoms with Crippen LogP contribution in [0.5, 0.6) is 5.88 Å². The molecule has 0 bridgehead atoms. The minimum Gasteiger partial charge on any atom is -0.479 e. The molecule has 1 heterocycles. The van der Waals surface area contributed by atoms with Crippen LogP contribution in [0.15, 0.2) is 42.6 Å². The number of hydrogen-bond acceptors (Lipinski definition) is 4. The first-order valence-corrected chi connectivity index (χ1v) is 9.27. The maximum atomic E-state index is 9.07. The zero-order valence-corrected chi connectivity index (χ0v) is 17.3. The lowest BCUT2D eigenvalue weighted by Crippen LogP contribution is -2.11. The Morgan fingerprint density at radius 3 is 2.39 bits per heavy atom.